The molecule has 2 aromatic rings. The second-order valence-corrected chi connectivity index (χ2v) is 8.70. The topological polar surface area (TPSA) is 62.6 Å². The van der Waals surface area contributed by atoms with Crippen LogP contribution in [-0.4, -0.2) is 51.1 Å². The van der Waals surface area contributed by atoms with Crippen LogP contribution in [0.1, 0.15) is 36.9 Å². The number of aryl methyl sites for hydroxylation is 1. The maximum Gasteiger partial charge on any atom is 0.294 e. The molecule has 2 aliphatic heterocycles. The summed E-state index contributed by atoms with van der Waals surface area (Å²) < 4.78 is 1.98. The summed E-state index contributed by atoms with van der Waals surface area (Å²) in [5.74, 6) is -0.547. The molecule has 2 fully saturated rings. The Kier molecular flexibility index (Phi) is 6.08. The van der Waals surface area contributed by atoms with Gasteiger partial charge in [0.05, 0.1) is 4.91 Å². The first-order chi connectivity index (χ1) is 14.5. The standard InChI is InChI=1S/C23H25N3O3S/c1-17-8-6-9-18(14-17)25-13-7-10-19(25)15-20-22(28)26(23(29)30-20)16-21(27)24-11-4-2-3-5-12-24/h6-10,13-15H,2-5,11-12,16H2,1H3. The van der Waals surface area contributed by atoms with Crippen LogP contribution in [0.25, 0.3) is 11.8 Å². The highest BCUT2D eigenvalue weighted by Crippen LogP contribution is 2.32. The zero-order chi connectivity index (χ0) is 21.1. The monoisotopic (exact) mass is 423 g/mol. The van der Waals surface area contributed by atoms with Crippen LogP contribution in [0.2, 0.25) is 0 Å². The third-order valence-corrected chi connectivity index (χ3v) is 6.37. The van der Waals surface area contributed by atoms with E-state index in [2.05, 4.69) is 6.07 Å². The maximum atomic E-state index is 12.9. The van der Waals surface area contributed by atoms with Crippen LogP contribution in [0, 0.1) is 6.92 Å². The summed E-state index contributed by atoms with van der Waals surface area (Å²) in [6.07, 6.45) is 7.84. The number of nitrogens with zero attached hydrogens (tertiary/aromatic N) is 3. The zero-order valence-electron chi connectivity index (χ0n) is 17.0. The smallest absolute Gasteiger partial charge is 0.294 e. The number of benzene rings is 1. The van der Waals surface area contributed by atoms with Gasteiger partial charge in [-0.05, 0) is 67.4 Å². The van der Waals surface area contributed by atoms with Gasteiger partial charge in [0.25, 0.3) is 11.1 Å². The van der Waals surface area contributed by atoms with Gasteiger partial charge in [-0.1, -0.05) is 25.0 Å². The van der Waals surface area contributed by atoms with Gasteiger partial charge < -0.3 is 9.47 Å². The molecule has 0 N–H and O–H groups in total. The lowest BCUT2D eigenvalue weighted by molar-refractivity contribution is -0.135. The Bertz CT molecular complexity index is 1000. The van der Waals surface area contributed by atoms with Crippen molar-refractivity contribution >= 4 is 34.9 Å². The number of hydrogen-bond acceptors (Lipinski definition) is 4. The number of rotatable bonds is 4. The van der Waals surface area contributed by atoms with E-state index in [1.807, 2.05) is 48.0 Å². The number of amides is 3. The lowest BCUT2D eigenvalue weighted by Gasteiger charge is -2.22. The molecular weight excluding hydrogens is 398 g/mol. The summed E-state index contributed by atoms with van der Waals surface area (Å²) in [5.41, 5.74) is 2.94. The number of imide groups is 1. The van der Waals surface area contributed by atoms with Gasteiger partial charge in [-0.2, -0.15) is 0 Å². The van der Waals surface area contributed by atoms with Crippen LogP contribution in [0.3, 0.4) is 0 Å². The molecular formula is C23H25N3O3S. The molecule has 3 heterocycles. The van der Waals surface area contributed by atoms with E-state index >= 15 is 0 Å². The van der Waals surface area contributed by atoms with Gasteiger partial charge in [-0.25, -0.2) is 0 Å². The number of carbonyl (C=O) groups is 3. The first-order valence-electron chi connectivity index (χ1n) is 10.3. The minimum atomic E-state index is -0.398. The molecule has 3 amide bonds. The Hall–Kier alpha value is -2.80. The second kappa shape index (κ2) is 8.92. The minimum absolute atomic E-state index is 0.149. The van der Waals surface area contributed by atoms with Crippen LogP contribution >= 0.6 is 11.8 Å². The Morgan fingerprint density at radius 1 is 1.07 bits per heavy atom. The fourth-order valence-corrected chi connectivity index (χ4v) is 4.67. The third-order valence-electron chi connectivity index (χ3n) is 5.46. The van der Waals surface area contributed by atoms with E-state index in [-0.39, 0.29) is 17.7 Å². The SMILES string of the molecule is Cc1cccc(-n2cccc2C=C2SC(=O)N(CC(=O)N3CCCCCC3)C2=O)c1. The molecule has 7 heteroatoms. The Balaban J connectivity index is 1.51. The van der Waals surface area contributed by atoms with Crippen molar-refractivity contribution in [2.24, 2.45) is 0 Å². The first-order valence-corrected chi connectivity index (χ1v) is 11.1. The van der Waals surface area contributed by atoms with Crippen molar-refractivity contribution in [1.29, 1.82) is 0 Å². The number of thioether (sulfide) groups is 1. The van der Waals surface area contributed by atoms with Gasteiger partial charge >= 0.3 is 0 Å². The Labute approximate surface area is 180 Å². The highest BCUT2D eigenvalue weighted by molar-refractivity contribution is 8.18. The van der Waals surface area contributed by atoms with Crippen LogP contribution in [0.15, 0.2) is 47.5 Å². The summed E-state index contributed by atoms with van der Waals surface area (Å²) >= 11 is 0.894. The molecule has 156 valence electrons. The summed E-state index contributed by atoms with van der Waals surface area (Å²) in [5, 5.41) is -0.386. The molecule has 0 saturated carbocycles. The number of carbonyl (C=O) groups excluding carboxylic acids is 3. The molecule has 0 radical (unpaired) electrons. The quantitative estimate of drug-likeness (QED) is 0.691. The average molecular weight is 424 g/mol. The highest BCUT2D eigenvalue weighted by Gasteiger charge is 2.37. The zero-order valence-corrected chi connectivity index (χ0v) is 17.9. The molecule has 0 aliphatic carbocycles. The van der Waals surface area contributed by atoms with E-state index in [1.165, 1.54) is 0 Å². The molecule has 2 saturated heterocycles. The van der Waals surface area contributed by atoms with E-state index in [4.69, 9.17) is 0 Å². The molecule has 0 atom stereocenters. The third kappa shape index (κ3) is 4.36. The van der Waals surface area contributed by atoms with Gasteiger partial charge in [0.15, 0.2) is 0 Å². The second-order valence-electron chi connectivity index (χ2n) is 7.70. The fraction of sp³-hybridized carbons (Fsp3) is 0.348. The summed E-state index contributed by atoms with van der Waals surface area (Å²) in [6, 6.07) is 11.9. The molecule has 0 bridgehead atoms. The van der Waals surface area contributed by atoms with Crippen molar-refractivity contribution in [3.63, 3.8) is 0 Å². The lowest BCUT2D eigenvalue weighted by atomic mass is 10.2. The fourth-order valence-electron chi connectivity index (χ4n) is 3.85. The van der Waals surface area contributed by atoms with E-state index in [0.29, 0.717) is 18.0 Å². The summed E-state index contributed by atoms with van der Waals surface area (Å²) in [6.45, 7) is 3.25. The van der Waals surface area contributed by atoms with Gasteiger partial charge in [-0.15, -0.1) is 0 Å². The van der Waals surface area contributed by atoms with Crippen molar-refractivity contribution in [1.82, 2.24) is 14.4 Å². The van der Waals surface area contributed by atoms with Crippen LogP contribution in [0.4, 0.5) is 4.79 Å². The largest absolute Gasteiger partial charge is 0.341 e. The predicted molar refractivity (Wildman–Crippen MR) is 118 cm³/mol. The number of likely N-dealkylation sites (tertiary alicyclic amines) is 1. The maximum absolute atomic E-state index is 12.9. The Morgan fingerprint density at radius 2 is 1.83 bits per heavy atom. The average Bonchev–Trinajstić information content (AvgIpc) is 3.15. The van der Waals surface area contributed by atoms with Crippen molar-refractivity contribution in [2.45, 2.75) is 32.6 Å². The van der Waals surface area contributed by atoms with E-state index in [9.17, 15) is 14.4 Å². The normalized spacial score (nSPS) is 18.9. The van der Waals surface area contributed by atoms with Crippen molar-refractivity contribution in [3.8, 4) is 5.69 Å². The lowest BCUT2D eigenvalue weighted by Crippen LogP contribution is -2.42. The van der Waals surface area contributed by atoms with Crippen LogP contribution in [0.5, 0.6) is 0 Å². The summed E-state index contributed by atoms with van der Waals surface area (Å²) in [7, 11) is 0. The van der Waals surface area contributed by atoms with Crippen molar-refractivity contribution in [3.05, 3.63) is 58.8 Å². The van der Waals surface area contributed by atoms with Crippen LogP contribution in [-0.2, 0) is 9.59 Å². The van der Waals surface area contributed by atoms with E-state index in [1.54, 1.807) is 11.0 Å². The van der Waals surface area contributed by atoms with Crippen molar-refractivity contribution in [2.75, 3.05) is 19.6 Å². The molecule has 30 heavy (non-hydrogen) atoms. The van der Waals surface area contributed by atoms with Gasteiger partial charge in [0.2, 0.25) is 5.91 Å². The highest BCUT2D eigenvalue weighted by atomic mass is 32.2. The predicted octanol–water partition coefficient (Wildman–Crippen LogP) is 4.22. The van der Waals surface area contributed by atoms with E-state index in [0.717, 1.165) is 59.3 Å². The molecule has 0 unspecified atom stereocenters. The molecule has 4 rings (SSSR count). The van der Waals surface area contributed by atoms with Gasteiger partial charge in [0, 0.05) is 30.7 Å². The first kappa shape index (κ1) is 20.5. The number of hydrogen-bond donors (Lipinski definition) is 0. The molecule has 0 spiro atoms. The van der Waals surface area contributed by atoms with Crippen molar-refractivity contribution < 1.29 is 14.4 Å². The minimum Gasteiger partial charge on any atom is -0.341 e. The molecule has 1 aromatic heterocycles. The van der Waals surface area contributed by atoms with Gasteiger partial charge in [0.1, 0.15) is 6.54 Å². The molecule has 2 aliphatic rings. The van der Waals surface area contributed by atoms with E-state index < -0.39 is 5.91 Å². The van der Waals surface area contributed by atoms with Gasteiger partial charge in [-0.3, -0.25) is 19.3 Å². The molecule has 6 nitrogen and oxygen atoms in total. The number of aromatic nitrogens is 1. The summed E-state index contributed by atoms with van der Waals surface area (Å²) in [4.78, 5) is 41.2. The van der Waals surface area contributed by atoms with Crippen LogP contribution < -0.4 is 0 Å². The molecule has 1 aromatic carbocycles. The Morgan fingerprint density at radius 3 is 2.57 bits per heavy atom.